The zero-order chi connectivity index (χ0) is 13.1. The van der Waals surface area contributed by atoms with Crippen LogP contribution in [-0.2, 0) is 0 Å². The number of pyridine rings is 1. The molecule has 0 amide bonds. The van der Waals surface area contributed by atoms with E-state index in [9.17, 15) is 0 Å². The Morgan fingerprint density at radius 2 is 2.00 bits per heavy atom. The van der Waals surface area contributed by atoms with Gasteiger partial charge in [-0.2, -0.15) is 0 Å². The average molecular weight is 264 g/mol. The van der Waals surface area contributed by atoms with Crippen molar-refractivity contribution in [1.29, 1.82) is 0 Å². The molecule has 0 unspecified atom stereocenters. The Labute approximate surface area is 111 Å². The second kappa shape index (κ2) is 5.31. The molecule has 0 aromatic carbocycles. The Morgan fingerprint density at radius 1 is 1.22 bits per heavy atom. The lowest BCUT2D eigenvalue weighted by atomic mass is 9.99. The van der Waals surface area contributed by atoms with Crippen LogP contribution in [0.2, 0.25) is 5.15 Å². The minimum absolute atomic E-state index is 0.236. The van der Waals surface area contributed by atoms with Crippen LogP contribution in [0.1, 0.15) is 25.3 Å². The number of hydrogen-bond acceptors (Lipinski definition) is 4. The molecular weight excluding hydrogens is 250 g/mol. The Kier molecular flexibility index (Phi) is 3.77. The van der Waals surface area contributed by atoms with Crippen LogP contribution in [0.15, 0.2) is 24.8 Å². The number of ether oxygens (including phenoxy) is 1. The number of halogens is 1. The molecule has 0 saturated heterocycles. The third-order valence-corrected chi connectivity index (χ3v) is 2.94. The summed E-state index contributed by atoms with van der Waals surface area (Å²) in [6, 6.07) is 1.89. The van der Waals surface area contributed by atoms with Crippen molar-refractivity contribution >= 4 is 11.6 Å². The highest BCUT2D eigenvalue weighted by molar-refractivity contribution is 6.30. The lowest BCUT2D eigenvalue weighted by Gasteiger charge is -2.13. The van der Waals surface area contributed by atoms with Crippen LogP contribution in [0.25, 0.3) is 11.3 Å². The minimum Gasteiger partial charge on any atom is -0.495 e. The molecule has 2 aromatic heterocycles. The summed E-state index contributed by atoms with van der Waals surface area (Å²) in [5.41, 5.74) is 2.60. The van der Waals surface area contributed by atoms with Crippen LogP contribution in [0, 0.1) is 0 Å². The second-order valence-corrected chi connectivity index (χ2v) is 4.55. The van der Waals surface area contributed by atoms with Gasteiger partial charge >= 0.3 is 0 Å². The van der Waals surface area contributed by atoms with Gasteiger partial charge in [-0.05, 0) is 12.0 Å². The first-order valence-corrected chi connectivity index (χ1v) is 6.01. The van der Waals surface area contributed by atoms with Gasteiger partial charge in [-0.3, -0.25) is 4.98 Å². The summed E-state index contributed by atoms with van der Waals surface area (Å²) in [6.45, 7) is 4.11. The molecule has 0 aliphatic heterocycles. The van der Waals surface area contributed by atoms with Gasteiger partial charge in [-0.25, -0.2) is 9.97 Å². The fraction of sp³-hybridized carbons (Fsp3) is 0.308. The quantitative estimate of drug-likeness (QED) is 0.797. The standard InChI is InChI=1S/C13H14ClN3O/c1-8(2)11-12(16-7-17-13(11)14)9-4-10(18-3)6-15-5-9/h4-8H,1-3H3. The Hall–Kier alpha value is -1.68. The number of nitrogens with zero attached hydrogens (tertiary/aromatic N) is 3. The molecule has 4 nitrogen and oxygen atoms in total. The molecule has 5 heteroatoms. The SMILES string of the molecule is COc1cncc(-c2ncnc(Cl)c2C(C)C)c1. The van der Waals surface area contributed by atoms with Crippen LogP contribution in [0.3, 0.4) is 0 Å². The van der Waals surface area contributed by atoms with E-state index in [1.54, 1.807) is 19.5 Å². The normalized spacial score (nSPS) is 10.7. The van der Waals surface area contributed by atoms with E-state index >= 15 is 0 Å². The molecular formula is C13H14ClN3O. The zero-order valence-electron chi connectivity index (χ0n) is 10.5. The first-order chi connectivity index (χ1) is 8.63. The minimum atomic E-state index is 0.236. The first kappa shape index (κ1) is 12.8. The average Bonchev–Trinajstić information content (AvgIpc) is 2.38. The highest BCUT2D eigenvalue weighted by atomic mass is 35.5. The molecule has 0 bridgehead atoms. The maximum Gasteiger partial charge on any atom is 0.137 e. The largest absolute Gasteiger partial charge is 0.495 e. The molecule has 0 N–H and O–H groups in total. The van der Waals surface area contributed by atoms with E-state index in [0.29, 0.717) is 10.9 Å². The van der Waals surface area contributed by atoms with Crippen molar-refractivity contribution < 1.29 is 4.74 Å². The third-order valence-electron chi connectivity index (χ3n) is 2.63. The van der Waals surface area contributed by atoms with Crippen LogP contribution < -0.4 is 4.74 Å². The van der Waals surface area contributed by atoms with Gasteiger partial charge in [-0.1, -0.05) is 25.4 Å². The van der Waals surface area contributed by atoms with Gasteiger partial charge in [0.1, 0.15) is 17.2 Å². The monoisotopic (exact) mass is 263 g/mol. The predicted molar refractivity (Wildman–Crippen MR) is 70.9 cm³/mol. The molecule has 0 spiro atoms. The van der Waals surface area contributed by atoms with E-state index in [-0.39, 0.29) is 5.92 Å². The molecule has 2 heterocycles. The van der Waals surface area contributed by atoms with E-state index in [4.69, 9.17) is 16.3 Å². The molecule has 0 radical (unpaired) electrons. The summed E-state index contributed by atoms with van der Waals surface area (Å²) >= 11 is 6.15. The second-order valence-electron chi connectivity index (χ2n) is 4.19. The molecule has 0 aliphatic rings. The highest BCUT2D eigenvalue weighted by Gasteiger charge is 2.15. The summed E-state index contributed by atoms with van der Waals surface area (Å²) in [5, 5.41) is 0.484. The molecule has 18 heavy (non-hydrogen) atoms. The number of aromatic nitrogens is 3. The molecule has 0 atom stereocenters. The third kappa shape index (κ3) is 2.43. The smallest absolute Gasteiger partial charge is 0.137 e. The van der Waals surface area contributed by atoms with E-state index in [1.807, 2.05) is 6.07 Å². The Balaban J connectivity index is 2.59. The lowest BCUT2D eigenvalue weighted by Crippen LogP contribution is -1.99. The van der Waals surface area contributed by atoms with Crippen LogP contribution >= 0.6 is 11.6 Å². The van der Waals surface area contributed by atoms with Gasteiger partial charge in [0.2, 0.25) is 0 Å². The van der Waals surface area contributed by atoms with E-state index < -0.39 is 0 Å². The van der Waals surface area contributed by atoms with Crippen molar-refractivity contribution in [1.82, 2.24) is 15.0 Å². The zero-order valence-corrected chi connectivity index (χ0v) is 11.3. The summed E-state index contributed by atoms with van der Waals surface area (Å²) in [6.07, 6.45) is 4.86. The molecule has 0 saturated carbocycles. The molecule has 94 valence electrons. The Morgan fingerprint density at radius 3 is 2.67 bits per heavy atom. The topological polar surface area (TPSA) is 47.9 Å². The van der Waals surface area contributed by atoms with Crippen molar-refractivity contribution in [3.63, 3.8) is 0 Å². The molecule has 0 aliphatic carbocycles. The van der Waals surface area contributed by atoms with Gasteiger partial charge in [0.05, 0.1) is 19.0 Å². The number of rotatable bonds is 3. The maximum atomic E-state index is 6.15. The molecule has 2 aromatic rings. The van der Waals surface area contributed by atoms with Gasteiger partial charge in [0.15, 0.2) is 0 Å². The van der Waals surface area contributed by atoms with Gasteiger partial charge in [0.25, 0.3) is 0 Å². The van der Waals surface area contributed by atoms with Crippen molar-refractivity contribution in [2.75, 3.05) is 7.11 Å². The Bertz CT molecular complexity index is 558. The van der Waals surface area contributed by atoms with Gasteiger partial charge in [0, 0.05) is 17.3 Å². The van der Waals surface area contributed by atoms with E-state index in [0.717, 1.165) is 16.8 Å². The van der Waals surface area contributed by atoms with Crippen molar-refractivity contribution in [2.24, 2.45) is 0 Å². The van der Waals surface area contributed by atoms with Crippen LogP contribution in [0.5, 0.6) is 5.75 Å². The van der Waals surface area contributed by atoms with Crippen molar-refractivity contribution in [3.05, 3.63) is 35.5 Å². The van der Waals surface area contributed by atoms with Crippen LogP contribution in [0.4, 0.5) is 0 Å². The van der Waals surface area contributed by atoms with Crippen LogP contribution in [-0.4, -0.2) is 22.1 Å². The summed E-state index contributed by atoms with van der Waals surface area (Å²) in [5.74, 6) is 0.928. The first-order valence-electron chi connectivity index (χ1n) is 5.63. The predicted octanol–water partition coefficient (Wildman–Crippen LogP) is 3.32. The van der Waals surface area contributed by atoms with Crippen molar-refractivity contribution in [2.45, 2.75) is 19.8 Å². The summed E-state index contributed by atoms with van der Waals surface area (Å²) < 4.78 is 5.17. The lowest BCUT2D eigenvalue weighted by molar-refractivity contribution is 0.413. The van der Waals surface area contributed by atoms with E-state index in [2.05, 4.69) is 28.8 Å². The summed E-state index contributed by atoms with van der Waals surface area (Å²) in [4.78, 5) is 12.5. The van der Waals surface area contributed by atoms with Gasteiger partial charge < -0.3 is 4.74 Å². The van der Waals surface area contributed by atoms with Gasteiger partial charge in [-0.15, -0.1) is 0 Å². The highest BCUT2D eigenvalue weighted by Crippen LogP contribution is 2.32. The molecule has 0 fully saturated rings. The van der Waals surface area contributed by atoms with E-state index in [1.165, 1.54) is 6.33 Å². The summed E-state index contributed by atoms with van der Waals surface area (Å²) in [7, 11) is 1.61. The number of methoxy groups -OCH3 is 1. The fourth-order valence-electron chi connectivity index (χ4n) is 1.78. The maximum absolute atomic E-state index is 6.15. The fourth-order valence-corrected chi connectivity index (χ4v) is 2.13. The number of hydrogen-bond donors (Lipinski definition) is 0. The van der Waals surface area contributed by atoms with Crippen molar-refractivity contribution in [3.8, 4) is 17.0 Å². The molecule has 2 rings (SSSR count).